The lowest BCUT2D eigenvalue weighted by molar-refractivity contribution is 0.662. The molecule has 0 N–H and O–H groups in total. The van der Waals surface area contributed by atoms with E-state index in [4.69, 9.17) is 0 Å². The van der Waals surface area contributed by atoms with Crippen LogP contribution in [0.4, 0.5) is 0 Å². The first-order chi connectivity index (χ1) is 15.6. The van der Waals surface area contributed by atoms with E-state index in [0.717, 1.165) is 11.0 Å². The third kappa shape index (κ3) is 2.20. The molecular weight excluding hydrogens is 390 g/mol. The topological polar surface area (TPSA) is 30.7 Å². The summed E-state index contributed by atoms with van der Waals surface area (Å²) in [6, 6.07) is 28.5. The predicted molar refractivity (Wildman–Crippen MR) is 131 cm³/mol. The molecule has 6 aromatic rings. The Morgan fingerprint density at radius 2 is 1.28 bits per heavy atom. The average Bonchev–Trinajstić information content (AvgIpc) is 3.26. The monoisotopic (exact) mass is 411 g/mol. The van der Waals surface area contributed by atoms with Gasteiger partial charge in [-0.3, -0.25) is 4.57 Å². The fourth-order valence-corrected chi connectivity index (χ4v) is 5.50. The predicted octanol–water partition coefficient (Wildman–Crippen LogP) is 7.03. The zero-order chi connectivity index (χ0) is 21.4. The molecule has 1 aliphatic rings. The highest BCUT2D eigenvalue weighted by atomic mass is 15.1. The van der Waals surface area contributed by atoms with Gasteiger partial charge < -0.3 is 0 Å². The van der Waals surface area contributed by atoms with Crippen molar-refractivity contribution in [1.82, 2.24) is 14.5 Å². The fourth-order valence-electron chi connectivity index (χ4n) is 5.50. The molecule has 0 fully saturated rings. The zero-order valence-corrected chi connectivity index (χ0v) is 18.0. The molecule has 0 saturated heterocycles. The number of para-hydroxylation sites is 1. The molecule has 2 heterocycles. The summed E-state index contributed by atoms with van der Waals surface area (Å²) < 4.78 is 2.19. The van der Waals surface area contributed by atoms with Crippen molar-refractivity contribution in [3.63, 3.8) is 0 Å². The van der Waals surface area contributed by atoms with E-state index in [1.54, 1.807) is 12.4 Å². The minimum absolute atomic E-state index is 0.0602. The van der Waals surface area contributed by atoms with E-state index < -0.39 is 0 Å². The van der Waals surface area contributed by atoms with Crippen LogP contribution >= 0.6 is 0 Å². The molecule has 0 spiro atoms. The minimum Gasteiger partial charge on any atom is -0.278 e. The Morgan fingerprint density at radius 1 is 0.625 bits per heavy atom. The van der Waals surface area contributed by atoms with Crippen LogP contribution < -0.4 is 0 Å². The van der Waals surface area contributed by atoms with E-state index in [1.165, 1.54) is 43.8 Å². The molecular formula is C29H21N3. The molecule has 0 atom stereocenters. The van der Waals surface area contributed by atoms with Gasteiger partial charge in [0, 0.05) is 28.6 Å². The number of nitrogens with zero attached hydrogens (tertiary/aromatic N) is 3. The van der Waals surface area contributed by atoms with Gasteiger partial charge in [-0.05, 0) is 69.4 Å². The Balaban J connectivity index is 1.63. The Morgan fingerprint density at radius 3 is 2.09 bits per heavy atom. The van der Waals surface area contributed by atoms with Crippen molar-refractivity contribution < 1.29 is 0 Å². The lowest BCUT2D eigenvalue weighted by Crippen LogP contribution is -2.14. The van der Waals surface area contributed by atoms with Gasteiger partial charge in [0.2, 0.25) is 5.95 Å². The van der Waals surface area contributed by atoms with E-state index in [0.29, 0.717) is 5.95 Å². The smallest absolute Gasteiger partial charge is 0.234 e. The van der Waals surface area contributed by atoms with E-state index in [2.05, 4.69) is 101 Å². The maximum atomic E-state index is 4.58. The molecule has 3 heteroatoms. The molecule has 3 nitrogen and oxygen atoms in total. The minimum atomic E-state index is -0.0602. The summed E-state index contributed by atoms with van der Waals surface area (Å²) >= 11 is 0. The molecule has 1 aliphatic carbocycles. The quantitative estimate of drug-likeness (QED) is 0.291. The second kappa shape index (κ2) is 6.04. The van der Waals surface area contributed by atoms with E-state index in [1.807, 2.05) is 6.07 Å². The number of hydrogen-bond acceptors (Lipinski definition) is 2. The van der Waals surface area contributed by atoms with Gasteiger partial charge in [0.15, 0.2) is 0 Å². The highest BCUT2D eigenvalue weighted by Gasteiger charge is 2.36. The number of benzene rings is 4. The van der Waals surface area contributed by atoms with Gasteiger partial charge in [-0.25, -0.2) is 9.97 Å². The third-order valence-electron chi connectivity index (χ3n) is 7.09. The van der Waals surface area contributed by atoms with Gasteiger partial charge in [-0.1, -0.05) is 56.3 Å². The van der Waals surface area contributed by atoms with Crippen LogP contribution in [-0.2, 0) is 5.41 Å². The van der Waals surface area contributed by atoms with Crippen LogP contribution in [0.2, 0.25) is 0 Å². The van der Waals surface area contributed by atoms with Crippen LogP contribution in [0.3, 0.4) is 0 Å². The maximum absolute atomic E-state index is 4.58. The summed E-state index contributed by atoms with van der Waals surface area (Å²) in [4.78, 5) is 9.16. The van der Waals surface area contributed by atoms with Crippen molar-refractivity contribution in [2.24, 2.45) is 0 Å². The van der Waals surface area contributed by atoms with Gasteiger partial charge in [-0.15, -0.1) is 0 Å². The lowest BCUT2D eigenvalue weighted by Gasteiger charge is -2.22. The van der Waals surface area contributed by atoms with Crippen LogP contribution in [0, 0.1) is 0 Å². The molecule has 152 valence electrons. The molecule has 0 unspecified atom stereocenters. The zero-order valence-electron chi connectivity index (χ0n) is 18.0. The summed E-state index contributed by atoms with van der Waals surface area (Å²) in [5.74, 6) is 0.703. The van der Waals surface area contributed by atoms with Crippen LogP contribution in [0.15, 0.2) is 91.3 Å². The summed E-state index contributed by atoms with van der Waals surface area (Å²) in [5, 5.41) is 5.05. The third-order valence-corrected chi connectivity index (χ3v) is 7.09. The standard InChI is InChI=1S/C29H21N3/c1-29(2)24-15-19-9-4-3-8-18(19)14-21(24)22-17-27-23(16-25(22)29)20-10-5-6-11-26(20)32(27)28-30-12-7-13-31-28/h3-17H,1-2H3. The molecule has 7 rings (SSSR count). The Kier molecular flexibility index (Phi) is 3.34. The van der Waals surface area contributed by atoms with E-state index >= 15 is 0 Å². The molecule has 0 aliphatic heterocycles. The summed E-state index contributed by atoms with van der Waals surface area (Å²) in [6.45, 7) is 4.69. The van der Waals surface area contributed by atoms with Crippen molar-refractivity contribution >= 4 is 32.6 Å². The summed E-state index contributed by atoms with van der Waals surface area (Å²) in [5.41, 5.74) is 7.63. The maximum Gasteiger partial charge on any atom is 0.234 e. The normalized spacial score (nSPS) is 14.2. The Labute approximate surface area is 186 Å². The highest BCUT2D eigenvalue weighted by Crippen LogP contribution is 2.51. The van der Waals surface area contributed by atoms with Crippen molar-refractivity contribution in [1.29, 1.82) is 0 Å². The van der Waals surface area contributed by atoms with Gasteiger partial charge in [-0.2, -0.15) is 0 Å². The van der Waals surface area contributed by atoms with Gasteiger partial charge in [0.1, 0.15) is 0 Å². The van der Waals surface area contributed by atoms with Crippen molar-refractivity contribution in [3.05, 3.63) is 102 Å². The second-order valence-electron chi connectivity index (χ2n) is 9.19. The fraction of sp³-hybridized carbons (Fsp3) is 0.103. The van der Waals surface area contributed by atoms with E-state index in [9.17, 15) is 0 Å². The first kappa shape index (κ1) is 17.7. The highest BCUT2D eigenvalue weighted by molar-refractivity contribution is 6.11. The van der Waals surface area contributed by atoms with Crippen LogP contribution in [0.1, 0.15) is 25.0 Å². The number of hydrogen-bond donors (Lipinski definition) is 0. The summed E-state index contributed by atoms with van der Waals surface area (Å²) in [6.07, 6.45) is 3.61. The first-order valence-corrected chi connectivity index (χ1v) is 11.0. The largest absolute Gasteiger partial charge is 0.278 e. The van der Waals surface area contributed by atoms with Gasteiger partial charge >= 0.3 is 0 Å². The Bertz CT molecular complexity index is 1690. The molecule has 4 aromatic carbocycles. The van der Waals surface area contributed by atoms with Crippen molar-refractivity contribution in [2.45, 2.75) is 19.3 Å². The number of fused-ring (bicyclic) bond motifs is 7. The van der Waals surface area contributed by atoms with Crippen LogP contribution in [0.5, 0.6) is 0 Å². The van der Waals surface area contributed by atoms with Gasteiger partial charge in [0.25, 0.3) is 0 Å². The lowest BCUT2D eigenvalue weighted by atomic mass is 9.81. The second-order valence-corrected chi connectivity index (χ2v) is 9.19. The first-order valence-electron chi connectivity index (χ1n) is 11.0. The van der Waals surface area contributed by atoms with E-state index in [-0.39, 0.29) is 5.41 Å². The van der Waals surface area contributed by atoms with Crippen LogP contribution in [-0.4, -0.2) is 14.5 Å². The van der Waals surface area contributed by atoms with Crippen molar-refractivity contribution in [2.75, 3.05) is 0 Å². The van der Waals surface area contributed by atoms with Crippen LogP contribution in [0.25, 0.3) is 49.7 Å². The molecule has 0 amide bonds. The number of aromatic nitrogens is 3. The average molecular weight is 412 g/mol. The van der Waals surface area contributed by atoms with Gasteiger partial charge in [0.05, 0.1) is 11.0 Å². The molecule has 2 aromatic heterocycles. The number of rotatable bonds is 1. The Hall–Kier alpha value is -3.98. The molecule has 0 radical (unpaired) electrons. The molecule has 0 saturated carbocycles. The molecule has 32 heavy (non-hydrogen) atoms. The summed E-state index contributed by atoms with van der Waals surface area (Å²) in [7, 11) is 0. The molecule has 0 bridgehead atoms. The SMILES string of the molecule is CC1(C)c2cc3ccccc3cc2-c2cc3c(cc21)c1ccccc1n3-c1ncccn1. The van der Waals surface area contributed by atoms with Crippen molar-refractivity contribution in [3.8, 4) is 17.1 Å².